The number of ether oxygens (including phenoxy) is 1. The number of halogens is 2. The van der Waals surface area contributed by atoms with Gasteiger partial charge in [0.2, 0.25) is 5.88 Å². The minimum Gasteiger partial charge on any atom is -0.478 e. The second-order valence-electron chi connectivity index (χ2n) is 3.05. The van der Waals surface area contributed by atoms with Crippen molar-refractivity contribution in [2.24, 2.45) is 0 Å². The first-order valence-corrected chi connectivity index (χ1v) is 4.08. The fraction of sp³-hybridized carbons (Fsp3) is 0.333. The highest BCUT2D eigenvalue weighted by molar-refractivity contribution is 5.87. The van der Waals surface area contributed by atoms with Crippen molar-refractivity contribution in [1.82, 2.24) is 4.98 Å². The van der Waals surface area contributed by atoms with Crippen molar-refractivity contribution >= 4 is 5.97 Å². The Balaban J connectivity index is 2.61. The molecule has 1 aromatic heterocycles. The summed E-state index contributed by atoms with van der Waals surface area (Å²) in [6, 6.07) is 2.47. The number of aromatic carboxylic acids is 1. The SMILES string of the molecule is CC(F)(F)COc1ccc(C(=O)O)cn1. The Kier molecular flexibility index (Phi) is 3.18. The topological polar surface area (TPSA) is 59.4 Å². The summed E-state index contributed by atoms with van der Waals surface area (Å²) in [6.07, 6.45) is 1.05. The first-order chi connectivity index (χ1) is 6.88. The van der Waals surface area contributed by atoms with Crippen LogP contribution < -0.4 is 4.74 Å². The average molecular weight is 217 g/mol. The van der Waals surface area contributed by atoms with Gasteiger partial charge in [-0.05, 0) is 6.07 Å². The molecule has 0 atom stereocenters. The molecule has 4 nitrogen and oxygen atoms in total. The van der Waals surface area contributed by atoms with E-state index >= 15 is 0 Å². The van der Waals surface area contributed by atoms with Gasteiger partial charge in [-0.15, -0.1) is 0 Å². The molecule has 1 aromatic rings. The Bertz CT molecular complexity index is 345. The summed E-state index contributed by atoms with van der Waals surface area (Å²) in [4.78, 5) is 14.0. The molecule has 0 amide bonds. The van der Waals surface area contributed by atoms with Gasteiger partial charge in [0.05, 0.1) is 5.56 Å². The maximum atomic E-state index is 12.4. The van der Waals surface area contributed by atoms with Gasteiger partial charge < -0.3 is 9.84 Å². The number of rotatable bonds is 4. The third kappa shape index (κ3) is 3.88. The third-order valence-corrected chi connectivity index (χ3v) is 1.46. The molecule has 0 fully saturated rings. The van der Waals surface area contributed by atoms with E-state index in [1.165, 1.54) is 12.1 Å². The molecule has 15 heavy (non-hydrogen) atoms. The van der Waals surface area contributed by atoms with E-state index in [4.69, 9.17) is 5.11 Å². The highest BCUT2D eigenvalue weighted by atomic mass is 19.3. The van der Waals surface area contributed by atoms with Crippen molar-refractivity contribution in [3.05, 3.63) is 23.9 Å². The summed E-state index contributed by atoms with van der Waals surface area (Å²) >= 11 is 0. The molecule has 0 spiro atoms. The largest absolute Gasteiger partial charge is 0.478 e. The molecule has 0 aliphatic rings. The maximum absolute atomic E-state index is 12.4. The quantitative estimate of drug-likeness (QED) is 0.835. The molecule has 0 saturated heterocycles. The van der Waals surface area contributed by atoms with E-state index in [1.54, 1.807) is 0 Å². The zero-order valence-corrected chi connectivity index (χ0v) is 7.91. The van der Waals surface area contributed by atoms with Crippen LogP contribution in [0.25, 0.3) is 0 Å². The molecule has 0 radical (unpaired) electrons. The lowest BCUT2D eigenvalue weighted by Crippen LogP contribution is -2.21. The first-order valence-electron chi connectivity index (χ1n) is 4.08. The minimum absolute atomic E-state index is 0.0226. The van der Waals surface area contributed by atoms with Crippen molar-refractivity contribution in [1.29, 1.82) is 0 Å². The van der Waals surface area contributed by atoms with Crippen LogP contribution >= 0.6 is 0 Å². The zero-order chi connectivity index (χ0) is 11.5. The molecule has 6 heteroatoms. The lowest BCUT2D eigenvalue weighted by Gasteiger charge is -2.10. The van der Waals surface area contributed by atoms with Crippen LogP contribution in [0.3, 0.4) is 0 Å². The predicted molar refractivity (Wildman–Crippen MR) is 47.3 cm³/mol. The number of nitrogens with zero attached hydrogens (tertiary/aromatic N) is 1. The van der Waals surface area contributed by atoms with Gasteiger partial charge in [-0.25, -0.2) is 18.6 Å². The maximum Gasteiger partial charge on any atom is 0.337 e. The van der Waals surface area contributed by atoms with Crippen molar-refractivity contribution < 1.29 is 23.4 Å². The van der Waals surface area contributed by atoms with Gasteiger partial charge in [-0.3, -0.25) is 0 Å². The van der Waals surface area contributed by atoms with Gasteiger partial charge in [0.1, 0.15) is 0 Å². The highest BCUT2D eigenvalue weighted by Gasteiger charge is 2.22. The van der Waals surface area contributed by atoms with Gasteiger partial charge >= 0.3 is 5.97 Å². The smallest absolute Gasteiger partial charge is 0.337 e. The Morgan fingerprint density at radius 2 is 2.27 bits per heavy atom. The molecule has 1 N–H and O–H groups in total. The number of alkyl halides is 2. The summed E-state index contributed by atoms with van der Waals surface area (Å²) < 4.78 is 29.4. The van der Waals surface area contributed by atoms with Crippen molar-refractivity contribution in [2.45, 2.75) is 12.8 Å². The molecule has 0 saturated carbocycles. The van der Waals surface area contributed by atoms with E-state index in [-0.39, 0.29) is 11.4 Å². The lowest BCUT2D eigenvalue weighted by atomic mass is 10.3. The number of hydrogen-bond donors (Lipinski definition) is 1. The Labute approximate surface area is 84.5 Å². The summed E-state index contributed by atoms with van der Waals surface area (Å²) in [5.41, 5.74) is -0.0226. The van der Waals surface area contributed by atoms with Crippen LogP contribution in [0.5, 0.6) is 5.88 Å². The van der Waals surface area contributed by atoms with E-state index in [0.29, 0.717) is 0 Å². The van der Waals surface area contributed by atoms with Crippen LogP contribution in [0.15, 0.2) is 18.3 Å². The molecule has 1 rings (SSSR count). The van der Waals surface area contributed by atoms with Crippen molar-refractivity contribution in [3.8, 4) is 5.88 Å². The summed E-state index contributed by atoms with van der Waals surface area (Å²) in [6.45, 7) is -0.0644. The molecule has 1 heterocycles. The van der Waals surface area contributed by atoms with Gasteiger partial charge in [0.25, 0.3) is 5.92 Å². The summed E-state index contributed by atoms with van der Waals surface area (Å²) in [7, 11) is 0. The van der Waals surface area contributed by atoms with Crippen molar-refractivity contribution in [2.75, 3.05) is 6.61 Å². The van der Waals surface area contributed by atoms with Crippen LogP contribution in [-0.2, 0) is 0 Å². The number of hydrogen-bond acceptors (Lipinski definition) is 3. The second kappa shape index (κ2) is 4.20. The lowest BCUT2D eigenvalue weighted by molar-refractivity contribution is -0.0242. The van der Waals surface area contributed by atoms with E-state index in [9.17, 15) is 13.6 Å². The van der Waals surface area contributed by atoms with Gasteiger partial charge in [-0.2, -0.15) is 0 Å². The fourth-order valence-corrected chi connectivity index (χ4v) is 0.793. The standard InChI is InChI=1S/C9H9F2NO3/c1-9(10,11)5-15-7-3-2-6(4-12-7)8(13)14/h2-4H,5H2,1H3,(H,13,14). The van der Waals surface area contributed by atoms with Crippen molar-refractivity contribution in [3.63, 3.8) is 0 Å². The molecule has 0 aromatic carbocycles. The number of carboxylic acid groups (broad SMARTS) is 1. The molecule has 0 aliphatic carbocycles. The molecular weight excluding hydrogens is 208 g/mol. The van der Waals surface area contributed by atoms with E-state index in [0.717, 1.165) is 13.1 Å². The fourth-order valence-electron chi connectivity index (χ4n) is 0.793. The molecular formula is C9H9F2NO3. The van der Waals surface area contributed by atoms with Gasteiger partial charge in [-0.1, -0.05) is 0 Å². The van der Waals surface area contributed by atoms with Gasteiger partial charge in [0, 0.05) is 19.2 Å². The minimum atomic E-state index is -2.94. The van der Waals surface area contributed by atoms with Crippen LogP contribution in [-0.4, -0.2) is 28.6 Å². The number of aromatic nitrogens is 1. The molecule has 0 aliphatic heterocycles. The summed E-state index contributed by atoms with van der Waals surface area (Å²) in [5, 5.41) is 8.53. The monoisotopic (exact) mass is 217 g/mol. The molecule has 82 valence electrons. The Morgan fingerprint density at radius 1 is 1.60 bits per heavy atom. The van der Waals surface area contributed by atoms with Crippen LogP contribution in [0.1, 0.15) is 17.3 Å². The molecule has 0 unspecified atom stereocenters. The Morgan fingerprint density at radius 3 is 2.67 bits per heavy atom. The van der Waals surface area contributed by atoms with Gasteiger partial charge in [0.15, 0.2) is 6.61 Å². The van der Waals surface area contributed by atoms with E-state index < -0.39 is 18.5 Å². The zero-order valence-electron chi connectivity index (χ0n) is 7.91. The van der Waals surface area contributed by atoms with E-state index in [2.05, 4.69) is 9.72 Å². The number of carboxylic acids is 1. The summed E-state index contributed by atoms with van der Waals surface area (Å²) in [5.74, 6) is -4.09. The van der Waals surface area contributed by atoms with Crippen LogP contribution in [0.2, 0.25) is 0 Å². The highest BCUT2D eigenvalue weighted by Crippen LogP contribution is 2.14. The third-order valence-electron chi connectivity index (χ3n) is 1.46. The Hall–Kier alpha value is -1.72. The number of carbonyl (C=O) groups is 1. The number of pyridine rings is 1. The first kappa shape index (κ1) is 11.4. The second-order valence-corrected chi connectivity index (χ2v) is 3.05. The van der Waals surface area contributed by atoms with Crippen LogP contribution in [0.4, 0.5) is 8.78 Å². The average Bonchev–Trinajstić information content (AvgIpc) is 2.14. The predicted octanol–water partition coefficient (Wildman–Crippen LogP) is 1.81. The normalized spacial score (nSPS) is 11.1. The van der Waals surface area contributed by atoms with E-state index in [1.807, 2.05) is 0 Å². The van der Waals surface area contributed by atoms with Crippen LogP contribution in [0, 0.1) is 0 Å². The molecule has 0 bridgehead atoms.